The second-order valence-electron chi connectivity index (χ2n) is 7.60. The van der Waals surface area contributed by atoms with Gasteiger partial charge in [0.15, 0.2) is 15.1 Å². The van der Waals surface area contributed by atoms with Crippen molar-refractivity contribution in [2.24, 2.45) is 0 Å². The Balaban J connectivity index is 1.86. The van der Waals surface area contributed by atoms with Crippen LogP contribution in [0, 0.1) is 0 Å². The van der Waals surface area contributed by atoms with E-state index in [-0.39, 0.29) is 29.2 Å². The van der Waals surface area contributed by atoms with Gasteiger partial charge < -0.3 is 14.0 Å². The maximum absolute atomic E-state index is 13.6. The molecule has 0 N–H and O–H groups in total. The molecule has 7 nitrogen and oxygen atoms in total. The monoisotopic (exact) mass is 482 g/mol. The van der Waals surface area contributed by atoms with Crippen LogP contribution in [0.15, 0.2) is 41.3 Å². The van der Waals surface area contributed by atoms with Gasteiger partial charge in [0.1, 0.15) is 11.6 Å². The standard InChI is InChI=1S/C21H17ClF2N2O5S/c1-2-30-20(27)18-11-9-14(26-13-8-10(22)6-7-12(13)25-19(11)26)17-15(31-21(23)24)4-3-5-16(17)32(18,28)29/h3-8,11,14,18,21H,2,9H2,1H3/t11-,14-,18+/m0/s1. The number of sulfone groups is 1. The predicted octanol–water partition coefficient (Wildman–Crippen LogP) is 4.09. The van der Waals surface area contributed by atoms with Crippen molar-refractivity contribution in [2.75, 3.05) is 6.61 Å². The summed E-state index contributed by atoms with van der Waals surface area (Å²) in [5.41, 5.74) is 1.23. The number of rotatable bonds is 4. The van der Waals surface area contributed by atoms with Crippen LogP contribution in [0.4, 0.5) is 8.78 Å². The molecule has 5 rings (SSSR count). The molecule has 2 aromatic carbocycles. The molecule has 2 bridgehead atoms. The van der Waals surface area contributed by atoms with E-state index < -0.39 is 39.6 Å². The number of benzene rings is 2. The lowest BCUT2D eigenvalue weighted by atomic mass is 9.95. The van der Waals surface area contributed by atoms with Gasteiger partial charge >= 0.3 is 12.6 Å². The molecule has 0 amide bonds. The maximum atomic E-state index is 13.6. The van der Waals surface area contributed by atoms with Gasteiger partial charge in [-0.1, -0.05) is 17.7 Å². The SMILES string of the molecule is CCOC(=O)[C@H]1[C@@H]2C[C@@H](c3c(OC(F)F)cccc3S1(=O)=O)n1c2nc2ccc(Cl)cc21. The van der Waals surface area contributed by atoms with Crippen molar-refractivity contribution in [3.05, 3.63) is 52.8 Å². The van der Waals surface area contributed by atoms with Crippen LogP contribution >= 0.6 is 11.6 Å². The number of alkyl halides is 2. The van der Waals surface area contributed by atoms with Gasteiger partial charge in [-0.25, -0.2) is 13.4 Å². The molecule has 0 saturated heterocycles. The lowest BCUT2D eigenvalue weighted by Gasteiger charge is -2.24. The highest BCUT2D eigenvalue weighted by Gasteiger charge is 2.54. The Morgan fingerprint density at radius 1 is 1.31 bits per heavy atom. The number of imidazole rings is 1. The van der Waals surface area contributed by atoms with Crippen LogP contribution in [0.3, 0.4) is 0 Å². The second-order valence-corrected chi connectivity index (χ2v) is 10.1. The van der Waals surface area contributed by atoms with Crippen molar-refractivity contribution < 1.29 is 31.5 Å². The Hall–Kier alpha value is -2.72. The number of carbonyl (C=O) groups excluding carboxylic acids is 1. The van der Waals surface area contributed by atoms with E-state index in [1.165, 1.54) is 18.2 Å². The highest BCUT2D eigenvalue weighted by Crippen LogP contribution is 2.53. The molecule has 3 atom stereocenters. The van der Waals surface area contributed by atoms with Gasteiger partial charge in [-0.15, -0.1) is 0 Å². The van der Waals surface area contributed by atoms with Crippen molar-refractivity contribution in [2.45, 2.75) is 42.1 Å². The van der Waals surface area contributed by atoms with Crippen molar-refractivity contribution >= 4 is 38.4 Å². The summed E-state index contributed by atoms with van der Waals surface area (Å²) in [6, 6.07) is 8.23. The van der Waals surface area contributed by atoms with Crippen molar-refractivity contribution in [1.82, 2.24) is 9.55 Å². The van der Waals surface area contributed by atoms with E-state index in [0.717, 1.165) is 0 Å². The predicted molar refractivity (Wildman–Crippen MR) is 111 cm³/mol. The highest BCUT2D eigenvalue weighted by atomic mass is 35.5. The second kappa shape index (κ2) is 7.41. The zero-order chi connectivity index (χ0) is 22.8. The third kappa shape index (κ3) is 3.00. The number of aromatic nitrogens is 2. The molecule has 0 saturated carbocycles. The highest BCUT2D eigenvalue weighted by molar-refractivity contribution is 7.93. The van der Waals surface area contributed by atoms with Gasteiger partial charge in [-0.2, -0.15) is 8.78 Å². The normalized spacial score (nSPS) is 23.0. The van der Waals surface area contributed by atoms with E-state index >= 15 is 0 Å². The zero-order valence-corrected chi connectivity index (χ0v) is 18.2. The first-order valence-electron chi connectivity index (χ1n) is 9.89. The number of hydrogen-bond acceptors (Lipinski definition) is 6. The smallest absolute Gasteiger partial charge is 0.387 e. The molecule has 168 valence electrons. The minimum absolute atomic E-state index is 0.00554. The summed E-state index contributed by atoms with van der Waals surface area (Å²) in [7, 11) is -4.30. The molecule has 0 spiro atoms. The van der Waals surface area contributed by atoms with E-state index in [1.54, 1.807) is 29.7 Å². The van der Waals surface area contributed by atoms with E-state index in [9.17, 15) is 22.0 Å². The molecule has 2 aliphatic heterocycles. The Morgan fingerprint density at radius 3 is 2.81 bits per heavy atom. The minimum atomic E-state index is -4.30. The molecule has 11 heteroatoms. The summed E-state index contributed by atoms with van der Waals surface area (Å²) in [5, 5.41) is -1.13. The minimum Gasteiger partial charge on any atom is -0.465 e. The van der Waals surface area contributed by atoms with Gasteiger partial charge in [0.05, 0.1) is 28.6 Å². The fourth-order valence-corrected chi connectivity index (χ4v) is 7.04. The third-order valence-electron chi connectivity index (χ3n) is 5.90. The molecule has 0 radical (unpaired) electrons. The summed E-state index contributed by atoms with van der Waals surface area (Å²) in [5.74, 6) is -1.62. The van der Waals surface area contributed by atoms with Crippen LogP contribution < -0.4 is 4.74 Å². The Kier molecular flexibility index (Phi) is 4.90. The van der Waals surface area contributed by atoms with E-state index in [4.69, 9.17) is 21.1 Å². The Morgan fingerprint density at radius 2 is 2.09 bits per heavy atom. The summed E-state index contributed by atoms with van der Waals surface area (Å²) < 4.78 is 65.3. The van der Waals surface area contributed by atoms with Crippen molar-refractivity contribution in [3.63, 3.8) is 0 Å². The first kappa shape index (κ1) is 21.1. The molecule has 2 aliphatic rings. The Bertz CT molecular complexity index is 1360. The molecule has 1 aromatic heterocycles. The molecule has 32 heavy (non-hydrogen) atoms. The Labute approximate surface area is 186 Å². The number of nitrogens with zero attached hydrogens (tertiary/aromatic N) is 2. The fourth-order valence-electron chi connectivity index (χ4n) is 4.80. The van der Waals surface area contributed by atoms with Crippen LogP contribution in [0.5, 0.6) is 5.75 Å². The van der Waals surface area contributed by atoms with Crippen LogP contribution in [0.2, 0.25) is 5.02 Å². The fraction of sp³-hybridized carbons (Fsp3) is 0.333. The third-order valence-corrected chi connectivity index (χ3v) is 8.29. The van der Waals surface area contributed by atoms with Crippen LogP contribution in [0.25, 0.3) is 11.0 Å². The van der Waals surface area contributed by atoms with Gasteiger partial charge in [0.2, 0.25) is 0 Å². The average Bonchev–Trinajstić information content (AvgIpc) is 3.22. The molecule has 0 fully saturated rings. The quantitative estimate of drug-likeness (QED) is 0.521. The molecule has 0 unspecified atom stereocenters. The van der Waals surface area contributed by atoms with Gasteiger partial charge in [0.25, 0.3) is 0 Å². The number of esters is 1. The van der Waals surface area contributed by atoms with Gasteiger partial charge in [-0.05, 0) is 43.7 Å². The maximum Gasteiger partial charge on any atom is 0.387 e. The largest absolute Gasteiger partial charge is 0.465 e. The lowest BCUT2D eigenvalue weighted by Crippen LogP contribution is -2.37. The van der Waals surface area contributed by atoms with Crippen LogP contribution in [-0.2, 0) is 19.4 Å². The van der Waals surface area contributed by atoms with Gasteiger partial charge in [-0.3, -0.25) is 4.79 Å². The summed E-state index contributed by atoms with van der Waals surface area (Å²) in [6.45, 7) is -1.58. The van der Waals surface area contributed by atoms with E-state index in [1.807, 2.05) is 0 Å². The summed E-state index contributed by atoms with van der Waals surface area (Å²) in [4.78, 5) is 17.3. The lowest BCUT2D eigenvalue weighted by molar-refractivity contribution is -0.143. The number of hydrogen-bond donors (Lipinski definition) is 0. The van der Waals surface area contributed by atoms with Crippen LogP contribution in [0.1, 0.15) is 36.7 Å². The molecular formula is C21H17ClF2N2O5S. The number of halogens is 3. The zero-order valence-electron chi connectivity index (χ0n) is 16.7. The first-order chi connectivity index (χ1) is 15.2. The van der Waals surface area contributed by atoms with E-state index in [0.29, 0.717) is 21.9 Å². The number of fused-ring (bicyclic) bond motifs is 9. The summed E-state index contributed by atoms with van der Waals surface area (Å²) >= 11 is 6.18. The number of carbonyl (C=O) groups is 1. The molecule has 3 heterocycles. The molecule has 3 aromatic rings. The van der Waals surface area contributed by atoms with Crippen LogP contribution in [-0.4, -0.2) is 42.4 Å². The molecule has 0 aliphatic carbocycles. The van der Waals surface area contributed by atoms with Crippen molar-refractivity contribution in [1.29, 1.82) is 0 Å². The summed E-state index contributed by atoms with van der Waals surface area (Å²) in [6.07, 6.45) is 0.157. The van der Waals surface area contributed by atoms with Gasteiger partial charge in [0, 0.05) is 16.5 Å². The van der Waals surface area contributed by atoms with E-state index in [2.05, 4.69) is 4.98 Å². The molecular weight excluding hydrogens is 466 g/mol. The van der Waals surface area contributed by atoms with Crippen molar-refractivity contribution in [3.8, 4) is 5.75 Å². The average molecular weight is 483 g/mol. The number of ether oxygens (including phenoxy) is 2. The topological polar surface area (TPSA) is 87.5 Å². The first-order valence-corrected chi connectivity index (χ1v) is 11.8.